The lowest BCUT2D eigenvalue weighted by molar-refractivity contribution is -0.111. The summed E-state index contributed by atoms with van der Waals surface area (Å²) >= 11 is 1.53. The van der Waals surface area contributed by atoms with E-state index in [1.54, 1.807) is 25.6 Å². The average Bonchev–Trinajstić information content (AvgIpc) is 2.80. The number of amides is 1. The van der Waals surface area contributed by atoms with Gasteiger partial charge in [-0.2, -0.15) is 4.98 Å². The molecule has 9 nitrogen and oxygen atoms in total. The van der Waals surface area contributed by atoms with E-state index in [1.165, 1.54) is 17.8 Å². The molecule has 3 N–H and O–H groups in total. The van der Waals surface area contributed by atoms with Crippen LogP contribution in [0.15, 0.2) is 65.8 Å². The first kappa shape index (κ1) is 24.0. The van der Waals surface area contributed by atoms with Gasteiger partial charge < -0.3 is 25.6 Å². The van der Waals surface area contributed by atoms with Gasteiger partial charge >= 0.3 is 0 Å². The number of nitrogens with zero attached hydrogens (tertiary/aromatic N) is 4. The third kappa shape index (κ3) is 7.48. The number of hydrogen-bond donors (Lipinski definition) is 3. The molecule has 0 radical (unpaired) electrons. The Morgan fingerprint density at radius 2 is 1.91 bits per heavy atom. The van der Waals surface area contributed by atoms with Gasteiger partial charge in [0.05, 0.1) is 23.9 Å². The van der Waals surface area contributed by atoms with E-state index in [1.807, 2.05) is 61.7 Å². The Morgan fingerprint density at radius 1 is 1.09 bits per heavy atom. The number of likely N-dealkylation sites (N-methyl/N-ethyl adjacent to an activating group) is 1. The van der Waals surface area contributed by atoms with Crippen molar-refractivity contribution in [2.75, 3.05) is 50.0 Å². The number of ether oxygens (including phenoxy) is 1. The van der Waals surface area contributed by atoms with Crippen LogP contribution >= 0.6 is 11.8 Å². The van der Waals surface area contributed by atoms with Crippen molar-refractivity contribution in [2.45, 2.75) is 4.90 Å². The van der Waals surface area contributed by atoms with Crippen LogP contribution in [0.2, 0.25) is 0 Å². The first-order chi connectivity index (χ1) is 16.0. The molecule has 0 aliphatic carbocycles. The second kappa shape index (κ2) is 11.8. The smallest absolute Gasteiger partial charge is 0.248 e. The molecule has 0 bridgehead atoms. The number of benzene rings is 1. The molecule has 0 unspecified atom stereocenters. The lowest BCUT2D eigenvalue weighted by atomic mass is 10.2. The minimum absolute atomic E-state index is 0.180. The largest absolute Gasteiger partial charge is 0.481 e. The molecule has 1 amide bonds. The molecular weight excluding hydrogens is 438 g/mol. The highest BCUT2D eigenvalue weighted by Gasteiger charge is 2.09. The first-order valence-electron chi connectivity index (χ1n) is 10.1. The van der Waals surface area contributed by atoms with E-state index in [2.05, 4.69) is 30.9 Å². The normalized spacial score (nSPS) is 10.9. The van der Waals surface area contributed by atoms with Crippen molar-refractivity contribution >= 4 is 46.5 Å². The molecular formula is C23H27N7O2S. The number of methoxy groups -OCH3 is 1. The van der Waals surface area contributed by atoms with Gasteiger partial charge in [-0.3, -0.25) is 4.79 Å². The van der Waals surface area contributed by atoms with Crippen molar-refractivity contribution in [3.8, 4) is 5.88 Å². The number of rotatable bonds is 10. The number of nitrogens with one attached hydrogen (secondary N) is 3. The van der Waals surface area contributed by atoms with Crippen LogP contribution < -0.4 is 20.7 Å². The van der Waals surface area contributed by atoms with E-state index in [-0.39, 0.29) is 5.91 Å². The quantitative estimate of drug-likeness (QED) is 0.301. The average molecular weight is 466 g/mol. The number of thioether (sulfide) groups is 1. The molecule has 2 heterocycles. The highest BCUT2D eigenvalue weighted by molar-refractivity contribution is 7.98. The maximum atomic E-state index is 12.1. The molecule has 3 rings (SSSR count). The number of hydrogen-bond acceptors (Lipinski definition) is 9. The summed E-state index contributed by atoms with van der Waals surface area (Å²) in [5.41, 5.74) is 2.21. The molecule has 172 valence electrons. The van der Waals surface area contributed by atoms with Gasteiger partial charge in [-0.15, -0.1) is 11.8 Å². The Kier molecular flexibility index (Phi) is 8.62. The monoisotopic (exact) mass is 465 g/mol. The standard InChI is InChI=1S/C23H27N7O2S/c1-30(2)12-6-9-20(31)26-16-7-5-8-17(13-16)27-22-19(33-4)15-25-23(29-22)28-18-10-11-21(32-3)24-14-18/h5-11,13-15H,12H2,1-4H3,(H,26,31)(H2,25,27,28,29)/b9-6+. The second-order valence-electron chi connectivity index (χ2n) is 7.18. The molecule has 2 aromatic heterocycles. The molecule has 0 fully saturated rings. The molecule has 33 heavy (non-hydrogen) atoms. The Labute approximate surface area is 197 Å². The zero-order chi connectivity index (χ0) is 23.6. The van der Waals surface area contributed by atoms with Gasteiger partial charge in [0.25, 0.3) is 0 Å². The van der Waals surface area contributed by atoms with E-state index in [0.29, 0.717) is 29.9 Å². The number of carbonyl (C=O) groups excluding carboxylic acids is 1. The summed E-state index contributed by atoms with van der Waals surface area (Å²) in [6.07, 6.45) is 8.71. The van der Waals surface area contributed by atoms with E-state index in [0.717, 1.165) is 16.3 Å². The Morgan fingerprint density at radius 3 is 2.61 bits per heavy atom. The molecule has 0 aliphatic rings. The van der Waals surface area contributed by atoms with Crippen LogP contribution in [-0.4, -0.2) is 59.8 Å². The van der Waals surface area contributed by atoms with Crippen LogP contribution in [0.5, 0.6) is 5.88 Å². The van der Waals surface area contributed by atoms with E-state index in [9.17, 15) is 4.79 Å². The van der Waals surface area contributed by atoms with Gasteiger partial charge in [0.15, 0.2) is 0 Å². The molecule has 0 spiro atoms. The van der Waals surface area contributed by atoms with Crippen LogP contribution in [-0.2, 0) is 4.79 Å². The fourth-order valence-corrected chi connectivity index (χ4v) is 3.19. The Balaban J connectivity index is 1.72. The summed E-state index contributed by atoms with van der Waals surface area (Å²) in [6, 6.07) is 11.1. The minimum atomic E-state index is -0.180. The zero-order valence-electron chi connectivity index (χ0n) is 19.0. The Hall–Kier alpha value is -3.63. The van der Waals surface area contributed by atoms with Gasteiger partial charge in [-0.1, -0.05) is 12.1 Å². The van der Waals surface area contributed by atoms with Crippen LogP contribution in [0.25, 0.3) is 0 Å². The lowest BCUT2D eigenvalue weighted by Gasteiger charge is -2.13. The molecule has 0 aliphatic heterocycles. The first-order valence-corrected chi connectivity index (χ1v) is 11.4. The summed E-state index contributed by atoms with van der Waals surface area (Å²) in [4.78, 5) is 28.2. The zero-order valence-corrected chi connectivity index (χ0v) is 19.8. The lowest BCUT2D eigenvalue weighted by Crippen LogP contribution is -2.13. The van der Waals surface area contributed by atoms with Crippen molar-refractivity contribution in [3.63, 3.8) is 0 Å². The summed E-state index contributed by atoms with van der Waals surface area (Å²) in [5.74, 6) is 1.43. The second-order valence-corrected chi connectivity index (χ2v) is 8.03. The van der Waals surface area contributed by atoms with Gasteiger partial charge in [0.2, 0.25) is 17.7 Å². The summed E-state index contributed by atoms with van der Waals surface area (Å²) in [7, 11) is 5.46. The summed E-state index contributed by atoms with van der Waals surface area (Å²) < 4.78 is 5.08. The van der Waals surface area contributed by atoms with Gasteiger partial charge in [-0.05, 0) is 44.6 Å². The van der Waals surface area contributed by atoms with Crippen LogP contribution in [0, 0.1) is 0 Å². The van der Waals surface area contributed by atoms with Crippen LogP contribution in [0.3, 0.4) is 0 Å². The maximum absolute atomic E-state index is 12.1. The highest BCUT2D eigenvalue weighted by Crippen LogP contribution is 2.28. The summed E-state index contributed by atoms with van der Waals surface area (Å²) in [6.45, 7) is 0.698. The number of carbonyl (C=O) groups is 1. The van der Waals surface area contributed by atoms with Crippen molar-refractivity contribution < 1.29 is 9.53 Å². The maximum Gasteiger partial charge on any atom is 0.248 e. The number of aromatic nitrogens is 3. The predicted molar refractivity (Wildman–Crippen MR) is 134 cm³/mol. The van der Waals surface area contributed by atoms with Gasteiger partial charge in [0.1, 0.15) is 5.82 Å². The van der Waals surface area contributed by atoms with Crippen molar-refractivity contribution in [1.29, 1.82) is 0 Å². The summed E-state index contributed by atoms with van der Waals surface area (Å²) in [5, 5.41) is 9.33. The molecule has 1 aromatic carbocycles. The third-order valence-electron chi connectivity index (χ3n) is 4.31. The number of pyridine rings is 1. The molecule has 10 heteroatoms. The minimum Gasteiger partial charge on any atom is -0.481 e. The molecule has 0 saturated heterocycles. The fraction of sp³-hybridized carbons (Fsp3) is 0.217. The Bertz CT molecular complexity index is 1100. The predicted octanol–water partition coefficient (Wildman–Crippen LogP) is 4.15. The third-order valence-corrected chi connectivity index (χ3v) is 5.05. The molecule has 0 atom stereocenters. The molecule has 3 aromatic rings. The SMILES string of the molecule is COc1ccc(Nc2ncc(SC)c(Nc3cccc(NC(=O)/C=C/CN(C)C)c3)n2)cn1. The fourth-order valence-electron chi connectivity index (χ4n) is 2.74. The highest BCUT2D eigenvalue weighted by atomic mass is 32.2. The van der Waals surface area contributed by atoms with Crippen LogP contribution in [0.4, 0.5) is 28.8 Å². The number of anilines is 5. The van der Waals surface area contributed by atoms with E-state index < -0.39 is 0 Å². The van der Waals surface area contributed by atoms with Gasteiger partial charge in [0, 0.05) is 36.3 Å². The van der Waals surface area contributed by atoms with Crippen LogP contribution in [0.1, 0.15) is 0 Å². The topological polar surface area (TPSA) is 104 Å². The van der Waals surface area contributed by atoms with Gasteiger partial charge in [-0.25, -0.2) is 9.97 Å². The van der Waals surface area contributed by atoms with Crippen molar-refractivity contribution in [3.05, 3.63) is 60.9 Å². The van der Waals surface area contributed by atoms with E-state index >= 15 is 0 Å². The van der Waals surface area contributed by atoms with E-state index in [4.69, 9.17) is 4.74 Å². The van der Waals surface area contributed by atoms with Crippen molar-refractivity contribution in [2.24, 2.45) is 0 Å². The molecule has 0 saturated carbocycles. The van der Waals surface area contributed by atoms with Crippen molar-refractivity contribution in [1.82, 2.24) is 19.9 Å².